The fourth-order valence-electron chi connectivity index (χ4n) is 3.66. The first-order valence-electron chi connectivity index (χ1n) is 10.3. The zero-order chi connectivity index (χ0) is 21.6. The van der Waals surface area contributed by atoms with Crippen LogP contribution in [0.3, 0.4) is 0 Å². The van der Waals surface area contributed by atoms with Crippen LogP contribution in [0, 0.1) is 0 Å². The summed E-state index contributed by atoms with van der Waals surface area (Å²) in [5.74, 6) is 1.22. The molecule has 0 bridgehead atoms. The molecule has 3 aromatic rings. The molecule has 0 radical (unpaired) electrons. The molecule has 1 aliphatic rings. The smallest absolute Gasteiger partial charge is 0.261 e. The number of hydrogen-bond acceptors (Lipinski definition) is 6. The van der Waals surface area contributed by atoms with Crippen LogP contribution < -0.4 is 10.1 Å². The number of para-hydroxylation sites is 1. The van der Waals surface area contributed by atoms with E-state index in [1.165, 1.54) is 6.92 Å². The van der Waals surface area contributed by atoms with Crippen LogP contribution in [-0.2, 0) is 9.59 Å². The van der Waals surface area contributed by atoms with Crippen LogP contribution in [0.5, 0.6) is 5.75 Å². The lowest BCUT2D eigenvalue weighted by Gasteiger charge is -2.33. The van der Waals surface area contributed by atoms with Gasteiger partial charge >= 0.3 is 0 Å². The molecular weight excluding hydrogens is 396 g/mol. The molecule has 1 saturated heterocycles. The number of likely N-dealkylation sites (tertiary alicyclic amines) is 1. The Hall–Kier alpha value is -3.68. The fraction of sp³-hybridized carbons (Fsp3) is 0.304. The highest BCUT2D eigenvalue weighted by Gasteiger charge is 2.32. The average Bonchev–Trinajstić information content (AvgIpc) is 3.28. The third-order valence-corrected chi connectivity index (χ3v) is 5.10. The quantitative estimate of drug-likeness (QED) is 0.651. The van der Waals surface area contributed by atoms with Crippen LogP contribution in [0.15, 0.2) is 59.1 Å². The van der Waals surface area contributed by atoms with E-state index in [0.29, 0.717) is 29.7 Å². The number of carbonyl (C=O) groups is 2. The van der Waals surface area contributed by atoms with Crippen molar-refractivity contribution in [2.45, 2.75) is 32.2 Å². The van der Waals surface area contributed by atoms with Gasteiger partial charge in [-0.05, 0) is 43.5 Å². The van der Waals surface area contributed by atoms with Gasteiger partial charge in [-0.1, -0.05) is 35.5 Å². The summed E-state index contributed by atoms with van der Waals surface area (Å²) in [6.45, 7) is 2.03. The van der Waals surface area contributed by atoms with Crippen molar-refractivity contribution in [2.75, 3.05) is 18.5 Å². The highest BCUT2D eigenvalue weighted by molar-refractivity contribution is 5.89. The molecular formula is C23H24N4O4. The summed E-state index contributed by atoms with van der Waals surface area (Å²) in [6, 6.07) is 16.2. The minimum atomic E-state index is -0.277. The van der Waals surface area contributed by atoms with Gasteiger partial charge in [0.1, 0.15) is 11.8 Å². The van der Waals surface area contributed by atoms with E-state index in [1.807, 2.05) is 42.5 Å². The number of amides is 2. The summed E-state index contributed by atoms with van der Waals surface area (Å²) >= 11 is 0. The van der Waals surface area contributed by atoms with Gasteiger partial charge in [0, 0.05) is 24.7 Å². The molecule has 2 heterocycles. The standard InChI is InChI=1S/C23H24N4O4/c1-16(28)24-18-9-7-8-17(14-18)22-25-23(31-26-22)20-12-5-6-13-27(20)21(29)15-30-19-10-3-2-4-11-19/h2-4,7-11,14,20H,5-6,12-13,15H2,1H3,(H,24,28)/t20-/m1/s1. The number of hydrogen-bond donors (Lipinski definition) is 1. The van der Waals surface area contributed by atoms with Gasteiger partial charge in [0.15, 0.2) is 6.61 Å². The topological polar surface area (TPSA) is 97.6 Å². The van der Waals surface area contributed by atoms with Crippen molar-refractivity contribution in [1.82, 2.24) is 15.0 Å². The molecule has 2 aromatic carbocycles. The Bertz CT molecular complexity index is 1050. The van der Waals surface area contributed by atoms with Gasteiger partial charge in [0.2, 0.25) is 17.6 Å². The maximum absolute atomic E-state index is 12.9. The Morgan fingerprint density at radius 2 is 2.00 bits per heavy atom. The molecule has 0 spiro atoms. The third kappa shape index (κ3) is 5.09. The number of piperidine rings is 1. The summed E-state index contributed by atoms with van der Waals surface area (Å²) in [5.41, 5.74) is 1.38. The zero-order valence-electron chi connectivity index (χ0n) is 17.3. The van der Waals surface area contributed by atoms with Gasteiger partial charge in [0.25, 0.3) is 5.91 Å². The van der Waals surface area contributed by atoms with Crippen LogP contribution in [0.1, 0.15) is 38.1 Å². The lowest BCUT2D eigenvalue weighted by molar-refractivity contribution is -0.138. The maximum atomic E-state index is 12.9. The molecule has 31 heavy (non-hydrogen) atoms. The number of benzene rings is 2. The molecule has 2 amide bonds. The van der Waals surface area contributed by atoms with Crippen LogP contribution in [0.4, 0.5) is 5.69 Å². The predicted octanol–water partition coefficient (Wildman–Crippen LogP) is 3.83. The van der Waals surface area contributed by atoms with Crippen LogP contribution in [0.25, 0.3) is 11.4 Å². The molecule has 160 valence electrons. The normalized spacial score (nSPS) is 16.0. The highest BCUT2D eigenvalue weighted by atomic mass is 16.5. The Morgan fingerprint density at radius 3 is 2.81 bits per heavy atom. The number of carbonyl (C=O) groups excluding carboxylic acids is 2. The molecule has 8 heteroatoms. The van der Waals surface area contributed by atoms with E-state index in [2.05, 4.69) is 15.5 Å². The molecule has 8 nitrogen and oxygen atoms in total. The second-order valence-corrected chi connectivity index (χ2v) is 7.42. The van der Waals surface area contributed by atoms with Gasteiger partial charge in [-0.2, -0.15) is 4.98 Å². The lowest BCUT2D eigenvalue weighted by Crippen LogP contribution is -2.41. The van der Waals surface area contributed by atoms with E-state index in [9.17, 15) is 9.59 Å². The first kappa shape index (κ1) is 20.6. The minimum absolute atomic E-state index is 0.0414. The first-order valence-corrected chi connectivity index (χ1v) is 10.3. The SMILES string of the molecule is CC(=O)Nc1cccc(-c2noc([C@H]3CCCCN3C(=O)COc3ccccc3)n2)c1. The molecule has 1 atom stereocenters. The number of aromatic nitrogens is 2. The zero-order valence-corrected chi connectivity index (χ0v) is 17.3. The molecule has 4 rings (SSSR count). The Morgan fingerprint density at radius 1 is 1.16 bits per heavy atom. The first-order chi connectivity index (χ1) is 15.1. The van der Waals surface area contributed by atoms with Crippen LogP contribution >= 0.6 is 0 Å². The van der Waals surface area contributed by atoms with Gasteiger partial charge in [-0.15, -0.1) is 0 Å². The number of ether oxygens (including phenoxy) is 1. The van der Waals surface area contributed by atoms with Gasteiger partial charge in [0.05, 0.1) is 0 Å². The number of rotatable bonds is 6. The predicted molar refractivity (Wildman–Crippen MR) is 114 cm³/mol. The summed E-state index contributed by atoms with van der Waals surface area (Å²) in [6.07, 6.45) is 2.65. The van der Waals surface area contributed by atoms with Crippen molar-refractivity contribution in [1.29, 1.82) is 0 Å². The largest absolute Gasteiger partial charge is 0.484 e. The maximum Gasteiger partial charge on any atom is 0.261 e. The molecule has 0 unspecified atom stereocenters. The van der Waals surface area contributed by atoms with Crippen molar-refractivity contribution in [3.63, 3.8) is 0 Å². The van der Waals surface area contributed by atoms with Crippen LogP contribution in [0.2, 0.25) is 0 Å². The Kier molecular flexibility index (Phi) is 6.26. The number of nitrogens with one attached hydrogen (secondary N) is 1. The minimum Gasteiger partial charge on any atom is -0.484 e. The van der Waals surface area contributed by atoms with Crippen molar-refractivity contribution < 1.29 is 18.8 Å². The van der Waals surface area contributed by atoms with E-state index < -0.39 is 0 Å². The van der Waals surface area contributed by atoms with Gasteiger partial charge in [-0.25, -0.2) is 0 Å². The molecule has 0 aliphatic carbocycles. The van der Waals surface area contributed by atoms with E-state index in [1.54, 1.807) is 17.0 Å². The summed E-state index contributed by atoms with van der Waals surface area (Å²) < 4.78 is 11.2. The summed E-state index contributed by atoms with van der Waals surface area (Å²) in [5, 5.41) is 6.84. The summed E-state index contributed by atoms with van der Waals surface area (Å²) in [4.78, 5) is 30.5. The lowest BCUT2D eigenvalue weighted by atomic mass is 10.0. The monoisotopic (exact) mass is 420 g/mol. The van der Waals surface area contributed by atoms with E-state index in [-0.39, 0.29) is 24.5 Å². The fourth-order valence-corrected chi connectivity index (χ4v) is 3.66. The van der Waals surface area contributed by atoms with Crippen molar-refractivity contribution >= 4 is 17.5 Å². The van der Waals surface area contributed by atoms with E-state index >= 15 is 0 Å². The van der Waals surface area contributed by atoms with E-state index in [4.69, 9.17) is 9.26 Å². The Balaban J connectivity index is 1.48. The van der Waals surface area contributed by atoms with Crippen molar-refractivity contribution in [3.05, 3.63) is 60.5 Å². The second-order valence-electron chi connectivity index (χ2n) is 7.42. The van der Waals surface area contributed by atoms with E-state index in [0.717, 1.165) is 24.8 Å². The Labute approximate surface area is 180 Å². The summed E-state index contributed by atoms with van der Waals surface area (Å²) in [7, 11) is 0. The molecule has 1 aliphatic heterocycles. The highest BCUT2D eigenvalue weighted by Crippen LogP contribution is 2.31. The van der Waals surface area contributed by atoms with Gasteiger partial charge < -0.3 is 19.5 Å². The second kappa shape index (κ2) is 9.42. The number of anilines is 1. The molecule has 0 saturated carbocycles. The third-order valence-electron chi connectivity index (χ3n) is 5.10. The number of nitrogens with zero attached hydrogens (tertiary/aromatic N) is 3. The average molecular weight is 420 g/mol. The van der Waals surface area contributed by atoms with Gasteiger partial charge in [-0.3, -0.25) is 9.59 Å². The molecule has 1 fully saturated rings. The molecule has 1 aromatic heterocycles. The molecule has 1 N–H and O–H groups in total. The van der Waals surface area contributed by atoms with Crippen LogP contribution in [-0.4, -0.2) is 40.0 Å². The van der Waals surface area contributed by atoms with Crippen molar-refractivity contribution in [2.24, 2.45) is 0 Å². The van der Waals surface area contributed by atoms with Crippen molar-refractivity contribution in [3.8, 4) is 17.1 Å².